The zero-order valence-electron chi connectivity index (χ0n) is 12.5. The normalized spacial score (nSPS) is 27.7. The number of nitrogens with one attached hydrogen (secondary N) is 1. The van der Waals surface area contributed by atoms with E-state index in [4.69, 9.17) is 0 Å². The first-order valence-corrected chi connectivity index (χ1v) is 7.46. The summed E-state index contributed by atoms with van der Waals surface area (Å²) in [7, 11) is 4.40. The molecule has 1 aliphatic rings. The molecule has 0 saturated heterocycles. The third kappa shape index (κ3) is 4.59. The van der Waals surface area contributed by atoms with Crippen molar-refractivity contribution in [3.8, 4) is 0 Å². The molecule has 0 aliphatic heterocycles. The largest absolute Gasteiger partial charge is 0.312 e. The van der Waals surface area contributed by atoms with E-state index in [9.17, 15) is 0 Å². The monoisotopic (exact) mass is 240 g/mol. The Hall–Kier alpha value is -0.0800. The standard InChI is InChI=1S/C15H32N2/c1-6-13-9-7-8-10-14(13)16-11-15(12(2)3)17(4)5/h12-16H,6-11H2,1-5H3. The lowest BCUT2D eigenvalue weighted by Gasteiger charge is -2.35. The van der Waals surface area contributed by atoms with Gasteiger partial charge in [-0.2, -0.15) is 0 Å². The number of nitrogens with zero attached hydrogens (tertiary/aromatic N) is 1. The van der Waals surface area contributed by atoms with Crippen LogP contribution in [-0.2, 0) is 0 Å². The van der Waals surface area contributed by atoms with Crippen LogP contribution in [0.2, 0.25) is 0 Å². The Morgan fingerprint density at radius 2 is 1.82 bits per heavy atom. The molecule has 1 N–H and O–H groups in total. The summed E-state index contributed by atoms with van der Waals surface area (Å²) >= 11 is 0. The van der Waals surface area contributed by atoms with Crippen LogP contribution in [0, 0.1) is 11.8 Å². The molecule has 17 heavy (non-hydrogen) atoms. The number of likely N-dealkylation sites (N-methyl/N-ethyl adjacent to an activating group) is 1. The minimum atomic E-state index is 0.662. The highest BCUT2D eigenvalue weighted by atomic mass is 15.1. The Balaban J connectivity index is 2.41. The fourth-order valence-electron chi connectivity index (χ4n) is 3.25. The molecule has 0 bridgehead atoms. The van der Waals surface area contributed by atoms with E-state index in [0.717, 1.165) is 24.4 Å². The molecule has 0 spiro atoms. The lowest BCUT2D eigenvalue weighted by atomic mass is 9.82. The maximum absolute atomic E-state index is 3.84. The van der Waals surface area contributed by atoms with Crippen molar-refractivity contribution in [1.29, 1.82) is 0 Å². The van der Waals surface area contributed by atoms with Crippen molar-refractivity contribution in [1.82, 2.24) is 10.2 Å². The molecule has 0 heterocycles. The lowest BCUT2D eigenvalue weighted by Crippen LogP contribution is -2.47. The number of hydrogen-bond acceptors (Lipinski definition) is 2. The first kappa shape index (κ1) is 15.0. The van der Waals surface area contributed by atoms with Crippen LogP contribution >= 0.6 is 0 Å². The molecule has 0 radical (unpaired) electrons. The van der Waals surface area contributed by atoms with E-state index in [2.05, 4.69) is 45.1 Å². The molecule has 1 fully saturated rings. The summed E-state index contributed by atoms with van der Waals surface area (Å²) in [5, 5.41) is 3.84. The van der Waals surface area contributed by atoms with Gasteiger partial charge in [0.1, 0.15) is 0 Å². The molecule has 1 rings (SSSR count). The van der Waals surface area contributed by atoms with Gasteiger partial charge in [-0.25, -0.2) is 0 Å². The maximum atomic E-state index is 3.84. The SMILES string of the molecule is CCC1CCCCC1NCC(C(C)C)N(C)C. The molecule has 2 heteroatoms. The van der Waals surface area contributed by atoms with Crippen LogP contribution in [0.1, 0.15) is 52.9 Å². The van der Waals surface area contributed by atoms with E-state index in [1.807, 2.05) is 0 Å². The average molecular weight is 240 g/mol. The van der Waals surface area contributed by atoms with Gasteiger partial charge in [-0.15, -0.1) is 0 Å². The minimum Gasteiger partial charge on any atom is -0.312 e. The second-order valence-corrected chi connectivity index (χ2v) is 6.24. The Morgan fingerprint density at radius 1 is 1.18 bits per heavy atom. The fourth-order valence-corrected chi connectivity index (χ4v) is 3.25. The summed E-state index contributed by atoms with van der Waals surface area (Å²) in [5.41, 5.74) is 0. The molecule has 2 nitrogen and oxygen atoms in total. The van der Waals surface area contributed by atoms with Crippen LogP contribution in [0.25, 0.3) is 0 Å². The second-order valence-electron chi connectivity index (χ2n) is 6.24. The predicted molar refractivity (Wildman–Crippen MR) is 76.4 cm³/mol. The van der Waals surface area contributed by atoms with Gasteiger partial charge in [-0.05, 0) is 38.8 Å². The Bertz CT molecular complexity index is 193. The highest BCUT2D eigenvalue weighted by molar-refractivity contribution is 4.83. The van der Waals surface area contributed by atoms with E-state index in [0.29, 0.717) is 6.04 Å². The van der Waals surface area contributed by atoms with Crippen molar-refractivity contribution >= 4 is 0 Å². The molecule has 3 atom stereocenters. The van der Waals surface area contributed by atoms with Crippen LogP contribution in [0.15, 0.2) is 0 Å². The van der Waals surface area contributed by atoms with Crippen molar-refractivity contribution in [2.75, 3.05) is 20.6 Å². The van der Waals surface area contributed by atoms with Gasteiger partial charge in [0.25, 0.3) is 0 Å². The van der Waals surface area contributed by atoms with Gasteiger partial charge in [-0.1, -0.05) is 40.0 Å². The first-order valence-electron chi connectivity index (χ1n) is 7.46. The van der Waals surface area contributed by atoms with Crippen molar-refractivity contribution < 1.29 is 0 Å². The Kier molecular flexibility index (Phi) is 6.50. The summed E-state index contributed by atoms with van der Waals surface area (Å²) in [6, 6.07) is 1.43. The number of hydrogen-bond donors (Lipinski definition) is 1. The van der Waals surface area contributed by atoms with E-state index in [1.165, 1.54) is 32.1 Å². The average Bonchev–Trinajstić information content (AvgIpc) is 2.29. The van der Waals surface area contributed by atoms with Crippen molar-refractivity contribution in [2.45, 2.75) is 65.0 Å². The summed E-state index contributed by atoms with van der Waals surface area (Å²) in [5.74, 6) is 1.64. The van der Waals surface area contributed by atoms with Crippen LogP contribution in [0.4, 0.5) is 0 Å². The maximum Gasteiger partial charge on any atom is 0.0237 e. The van der Waals surface area contributed by atoms with E-state index < -0.39 is 0 Å². The molecular formula is C15H32N2. The van der Waals surface area contributed by atoms with Gasteiger partial charge in [0.15, 0.2) is 0 Å². The molecule has 102 valence electrons. The third-order valence-corrected chi connectivity index (χ3v) is 4.46. The zero-order chi connectivity index (χ0) is 12.8. The van der Waals surface area contributed by atoms with E-state index >= 15 is 0 Å². The predicted octanol–water partition coefficient (Wildman–Crippen LogP) is 3.13. The van der Waals surface area contributed by atoms with Crippen LogP contribution in [0.3, 0.4) is 0 Å². The molecule has 1 aliphatic carbocycles. The van der Waals surface area contributed by atoms with Crippen molar-refractivity contribution in [2.24, 2.45) is 11.8 Å². The second kappa shape index (κ2) is 7.38. The van der Waals surface area contributed by atoms with Crippen molar-refractivity contribution in [3.05, 3.63) is 0 Å². The van der Waals surface area contributed by atoms with Crippen LogP contribution < -0.4 is 5.32 Å². The van der Waals surface area contributed by atoms with Gasteiger partial charge >= 0.3 is 0 Å². The third-order valence-electron chi connectivity index (χ3n) is 4.46. The topological polar surface area (TPSA) is 15.3 Å². The van der Waals surface area contributed by atoms with Gasteiger partial charge in [0.2, 0.25) is 0 Å². The lowest BCUT2D eigenvalue weighted by molar-refractivity contribution is 0.191. The summed E-state index contributed by atoms with van der Waals surface area (Å²) in [4.78, 5) is 2.36. The molecule has 0 aromatic rings. The van der Waals surface area contributed by atoms with Crippen molar-refractivity contribution in [3.63, 3.8) is 0 Å². The Labute approximate surface area is 108 Å². The molecule has 0 aromatic carbocycles. The molecule has 1 saturated carbocycles. The van der Waals surface area contributed by atoms with Gasteiger partial charge in [-0.3, -0.25) is 0 Å². The smallest absolute Gasteiger partial charge is 0.0237 e. The van der Waals surface area contributed by atoms with E-state index in [1.54, 1.807) is 0 Å². The van der Waals surface area contributed by atoms with E-state index in [-0.39, 0.29) is 0 Å². The van der Waals surface area contributed by atoms with Gasteiger partial charge < -0.3 is 10.2 Å². The summed E-state index contributed by atoms with van der Waals surface area (Å²) in [6.07, 6.45) is 7.02. The molecular weight excluding hydrogens is 208 g/mol. The summed E-state index contributed by atoms with van der Waals surface area (Å²) < 4.78 is 0. The van der Waals surface area contributed by atoms with Gasteiger partial charge in [0.05, 0.1) is 0 Å². The zero-order valence-corrected chi connectivity index (χ0v) is 12.5. The van der Waals surface area contributed by atoms with Crippen LogP contribution in [0.5, 0.6) is 0 Å². The quantitative estimate of drug-likeness (QED) is 0.767. The van der Waals surface area contributed by atoms with Gasteiger partial charge in [0, 0.05) is 18.6 Å². The highest BCUT2D eigenvalue weighted by Crippen LogP contribution is 2.26. The minimum absolute atomic E-state index is 0.662. The summed E-state index contributed by atoms with van der Waals surface area (Å²) in [6.45, 7) is 8.14. The fraction of sp³-hybridized carbons (Fsp3) is 1.00. The highest BCUT2D eigenvalue weighted by Gasteiger charge is 2.25. The molecule has 0 amide bonds. The molecule has 3 unspecified atom stereocenters. The number of rotatable bonds is 6. The first-order chi connectivity index (χ1) is 8.06. The molecule has 0 aromatic heterocycles. The van der Waals surface area contributed by atoms with Crippen LogP contribution in [-0.4, -0.2) is 37.6 Å². The Morgan fingerprint density at radius 3 is 2.35 bits per heavy atom.